The number of rotatable bonds is 20. The number of amides is 2. The smallest absolute Gasteiger partial charge is 0.478 e. The number of nitrogens with zero attached hydrogens (tertiary/aromatic N) is 6. The second kappa shape index (κ2) is 26.9. The molecule has 4 aromatic carbocycles. The zero-order valence-corrected chi connectivity index (χ0v) is 49.2. The number of carbonyl (C=O) groups excluding carboxylic acids is 2. The molecule has 2 unspecified atom stereocenters. The summed E-state index contributed by atoms with van der Waals surface area (Å²) in [6, 6.07) is 28.4. The van der Waals surface area contributed by atoms with E-state index in [2.05, 4.69) is 49.0 Å². The number of piperazine rings is 2. The number of alkyl halides is 3. The quantitative estimate of drug-likeness (QED) is 0.0624. The van der Waals surface area contributed by atoms with E-state index in [-0.39, 0.29) is 28.1 Å². The molecule has 4 aliphatic rings. The Morgan fingerprint density at radius 2 is 1.51 bits per heavy atom. The van der Waals surface area contributed by atoms with Gasteiger partial charge in [0, 0.05) is 131 Å². The first-order chi connectivity index (χ1) is 39.6. The van der Waals surface area contributed by atoms with Gasteiger partial charge in [-0.15, -0.1) is 11.8 Å². The Balaban J connectivity index is 0.822. The molecule has 2 atom stereocenters. The fraction of sp³-hybridized carbons (Fsp3) is 0.424. The number of halogens is 4. The molecule has 83 heavy (non-hydrogen) atoms. The highest BCUT2D eigenvalue weighted by Gasteiger charge is 2.49. The van der Waals surface area contributed by atoms with E-state index in [0.717, 1.165) is 86.7 Å². The Bertz CT molecular complexity index is 3340. The van der Waals surface area contributed by atoms with Gasteiger partial charge in [0.05, 0.1) is 22.8 Å². The average molecular weight is 1220 g/mol. The first-order valence-electron chi connectivity index (χ1n) is 27.7. The molecule has 0 bridgehead atoms. The SMILES string of the molecule is CC1(CN2CCN(C(=O)c3ccc(C(=O)O)cn3)CC2)CCC(c2ccc(Cl)cc2)=C(CN2CCN(c3ccc(C(=O)NS(=O)(=O)c4ccc(NC(CCN5CCCOCC5)CSc5ccccc5)c(S(=O)(=O)C(F)(F)F)c4)cc3)CC2)C1. The van der Waals surface area contributed by atoms with Crippen LogP contribution in [-0.2, 0) is 24.6 Å². The van der Waals surface area contributed by atoms with Crippen molar-refractivity contribution in [1.29, 1.82) is 0 Å². The van der Waals surface area contributed by atoms with E-state index in [4.69, 9.17) is 16.3 Å². The topological polar surface area (TPSA) is 202 Å². The molecule has 0 radical (unpaired) electrons. The Hall–Kier alpha value is -6.05. The lowest BCUT2D eigenvalue weighted by Crippen LogP contribution is -2.51. The maximum atomic E-state index is 14.3. The van der Waals surface area contributed by atoms with Gasteiger partial charge in [-0.05, 0) is 128 Å². The largest absolute Gasteiger partial charge is 0.501 e. The van der Waals surface area contributed by atoms with Crippen LogP contribution in [0.2, 0.25) is 5.02 Å². The van der Waals surface area contributed by atoms with E-state index < -0.39 is 58.8 Å². The van der Waals surface area contributed by atoms with Crippen LogP contribution in [0.25, 0.3) is 5.57 Å². The third-order valence-corrected chi connectivity index (χ3v) is 20.0. The molecule has 3 N–H and O–H groups in total. The fourth-order valence-corrected chi connectivity index (χ4v) is 14.3. The van der Waals surface area contributed by atoms with Crippen molar-refractivity contribution in [3.8, 4) is 0 Å². The van der Waals surface area contributed by atoms with Crippen molar-refractivity contribution >= 4 is 78.0 Å². The number of nitrogens with one attached hydrogen (secondary N) is 2. The minimum Gasteiger partial charge on any atom is -0.478 e. The summed E-state index contributed by atoms with van der Waals surface area (Å²) in [6.07, 6.45) is 5.19. The van der Waals surface area contributed by atoms with E-state index in [1.165, 1.54) is 53.4 Å². The lowest BCUT2D eigenvalue weighted by atomic mass is 9.71. The number of carboxylic acid groups (broad SMARTS) is 1. The predicted molar refractivity (Wildman–Crippen MR) is 314 cm³/mol. The van der Waals surface area contributed by atoms with Crippen LogP contribution < -0.4 is 14.9 Å². The number of pyridine rings is 1. The van der Waals surface area contributed by atoms with Crippen molar-refractivity contribution in [1.82, 2.24) is 29.3 Å². The summed E-state index contributed by atoms with van der Waals surface area (Å²) in [7, 11) is -11.0. The highest BCUT2D eigenvalue weighted by atomic mass is 35.5. The molecule has 444 valence electrons. The van der Waals surface area contributed by atoms with Crippen LogP contribution in [0, 0.1) is 5.41 Å². The molecule has 4 heterocycles. The summed E-state index contributed by atoms with van der Waals surface area (Å²) < 4.78 is 104. The van der Waals surface area contributed by atoms with E-state index in [1.807, 2.05) is 47.2 Å². The number of aromatic carboxylic acids is 1. The molecular formula is C59H68ClF3N8O9S3. The van der Waals surface area contributed by atoms with Gasteiger partial charge in [0.25, 0.3) is 31.7 Å². The number of sulfonamides is 1. The van der Waals surface area contributed by atoms with Crippen LogP contribution in [0.3, 0.4) is 0 Å². The summed E-state index contributed by atoms with van der Waals surface area (Å²) in [5, 5.41) is 12.9. The number of thioether (sulfide) groups is 1. The van der Waals surface area contributed by atoms with Crippen LogP contribution in [0.1, 0.15) is 75.8 Å². The maximum absolute atomic E-state index is 14.3. The lowest BCUT2D eigenvalue weighted by Gasteiger charge is -2.44. The maximum Gasteiger partial charge on any atom is 0.501 e. The lowest BCUT2D eigenvalue weighted by molar-refractivity contribution is -0.0436. The molecule has 24 heteroatoms. The molecule has 5 aromatic rings. The van der Waals surface area contributed by atoms with Crippen molar-refractivity contribution in [2.75, 3.05) is 114 Å². The number of benzene rings is 4. The van der Waals surface area contributed by atoms with E-state index >= 15 is 0 Å². The molecule has 0 saturated carbocycles. The first-order valence-corrected chi connectivity index (χ1v) is 32.0. The molecule has 3 aliphatic heterocycles. The highest BCUT2D eigenvalue weighted by Crippen LogP contribution is 2.44. The molecule has 0 spiro atoms. The number of aromatic nitrogens is 1. The Morgan fingerprint density at radius 3 is 2.18 bits per heavy atom. The fourth-order valence-electron chi connectivity index (χ4n) is 11.2. The second-order valence-electron chi connectivity index (χ2n) is 21.8. The van der Waals surface area contributed by atoms with Crippen LogP contribution in [0.15, 0.2) is 136 Å². The first kappa shape index (κ1) is 61.5. The average Bonchev–Trinajstić information content (AvgIpc) is 3.83. The van der Waals surface area contributed by atoms with Gasteiger partial charge in [0.1, 0.15) is 10.6 Å². The minimum atomic E-state index is -6.10. The van der Waals surface area contributed by atoms with Gasteiger partial charge in [0.2, 0.25) is 0 Å². The molecule has 9 rings (SSSR count). The van der Waals surface area contributed by atoms with Gasteiger partial charge in [0.15, 0.2) is 0 Å². The van der Waals surface area contributed by atoms with Crippen LogP contribution in [-0.4, -0.2) is 180 Å². The Kier molecular flexibility index (Phi) is 19.9. The zero-order chi connectivity index (χ0) is 58.9. The van der Waals surface area contributed by atoms with Gasteiger partial charge in [-0.2, -0.15) is 13.2 Å². The van der Waals surface area contributed by atoms with Gasteiger partial charge >= 0.3 is 11.5 Å². The summed E-state index contributed by atoms with van der Waals surface area (Å²) >= 11 is 7.77. The second-order valence-corrected chi connectivity index (χ2v) is 26.9. The third-order valence-electron chi connectivity index (χ3n) is 15.8. The monoisotopic (exact) mass is 1220 g/mol. The summed E-state index contributed by atoms with van der Waals surface area (Å²) in [5.74, 6) is -2.02. The summed E-state index contributed by atoms with van der Waals surface area (Å²) in [5.41, 5.74) is -1.38. The van der Waals surface area contributed by atoms with Crippen molar-refractivity contribution < 1.29 is 54.2 Å². The molecule has 3 saturated heterocycles. The number of carboxylic acids is 1. The van der Waals surface area contributed by atoms with Gasteiger partial charge < -0.3 is 29.9 Å². The van der Waals surface area contributed by atoms with Crippen LogP contribution >= 0.6 is 23.4 Å². The van der Waals surface area contributed by atoms with Crippen molar-refractivity contribution in [3.05, 3.63) is 148 Å². The zero-order valence-electron chi connectivity index (χ0n) is 46.0. The predicted octanol–water partition coefficient (Wildman–Crippen LogP) is 8.75. The van der Waals surface area contributed by atoms with Crippen molar-refractivity contribution in [2.45, 2.75) is 65.3 Å². The molecular weight excluding hydrogens is 1150 g/mol. The number of ether oxygens (including phenoxy) is 1. The molecule has 1 aliphatic carbocycles. The molecule has 1 aromatic heterocycles. The normalized spacial score (nSPS) is 19.5. The number of allylic oxidation sites excluding steroid dienone is 1. The van der Waals surface area contributed by atoms with Crippen molar-refractivity contribution in [3.63, 3.8) is 0 Å². The minimum absolute atomic E-state index is 0.0238. The number of hydrogen-bond acceptors (Lipinski definition) is 15. The number of sulfone groups is 1. The van der Waals surface area contributed by atoms with Gasteiger partial charge in [-0.3, -0.25) is 24.4 Å². The van der Waals surface area contributed by atoms with Crippen LogP contribution in [0.5, 0.6) is 0 Å². The summed E-state index contributed by atoms with van der Waals surface area (Å²) in [4.78, 5) is 51.9. The van der Waals surface area contributed by atoms with Gasteiger partial charge in [-0.25, -0.2) is 26.4 Å². The standard InChI is InChI=1S/C59H68ClF3N8O9S3/c1-58(41-69-27-31-71(32-28-69)56(73)53-18-12-44(38-64-53)57(74)75)22-20-51(42-8-13-46(60)14-9-42)45(37-58)39-68-25-29-70(30-26-68)48-15-10-43(11-16-48)55(72)66-83(78,79)50-17-19-52(54(36-50)82(76,77)59(61,62)63)65-47(40-81-49-6-3-2-4-7-49)21-24-67-23-5-34-80-35-33-67/h2-4,6-19,36,38,47,65H,5,20-35,37,39-41H2,1H3,(H,66,72)(H,74,75). The van der Waals surface area contributed by atoms with E-state index in [9.17, 15) is 49.5 Å². The van der Waals surface area contributed by atoms with Crippen molar-refractivity contribution in [2.24, 2.45) is 5.41 Å². The highest BCUT2D eigenvalue weighted by molar-refractivity contribution is 7.99. The number of anilines is 2. The van der Waals surface area contributed by atoms with Gasteiger partial charge in [-0.1, -0.05) is 54.4 Å². The third kappa shape index (κ3) is 15.8. The number of carbonyl (C=O) groups is 3. The molecule has 3 fully saturated rings. The van der Waals surface area contributed by atoms with E-state index in [1.54, 1.807) is 17.0 Å². The number of hydrogen-bond donors (Lipinski definition) is 3. The Labute approximate surface area is 492 Å². The van der Waals surface area contributed by atoms with E-state index in [0.29, 0.717) is 88.8 Å². The van der Waals surface area contributed by atoms with Crippen LogP contribution in [0.4, 0.5) is 24.5 Å². The molecule has 17 nitrogen and oxygen atoms in total. The molecule has 2 amide bonds. The summed E-state index contributed by atoms with van der Waals surface area (Å²) in [6.45, 7) is 12.4. The Morgan fingerprint density at radius 1 is 0.807 bits per heavy atom.